The Balaban J connectivity index is 2.85. The first-order valence-electron chi connectivity index (χ1n) is 8.02. The van der Waals surface area contributed by atoms with Crippen LogP contribution >= 0.6 is 0 Å². The minimum atomic E-state index is -2.41. The molecular formula is C17H27F2N3O. The van der Waals surface area contributed by atoms with Gasteiger partial charge in [-0.1, -0.05) is 19.1 Å². The molecule has 1 atom stereocenters. The lowest BCUT2D eigenvalue weighted by Crippen LogP contribution is -2.39. The number of aliphatic imine (C=N–C) groups is 1. The van der Waals surface area contributed by atoms with Gasteiger partial charge in [-0.2, -0.15) is 0 Å². The van der Waals surface area contributed by atoms with Crippen molar-refractivity contribution in [1.82, 2.24) is 10.6 Å². The molecule has 1 rings (SSSR count). The molecule has 0 aliphatic heterocycles. The molecule has 130 valence electrons. The van der Waals surface area contributed by atoms with Crippen LogP contribution in [-0.4, -0.2) is 31.6 Å². The summed E-state index contributed by atoms with van der Waals surface area (Å²) in [6, 6.07) is 5.94. The number of halogens is 2. The summed E-state index contributed by atoms with van der Waals surface area (Å²) in [5, 5.41) is 5.58. The molecule has 0 aliphatic rings. The van der Waals surface area contributed by atoms with Gasteiger partial charge in [0, 0.05) is 12.1 Å². The van der Waals surface area contributed by atoms with Gasteiger partial charge in [0.05, 0.1) is 19.2 Å². The number of hydrogen-bond acceptors (Lipinski definition) is 2. The Morgan fingerprint density at radius 1 is 1.26 bits per heavy atom. The molecule has 0 heterocycles. The number of nitrogens with one attached hydrogen (secondary N) is 2. The predicted molar refractivity (Wildman–Crippen MR) is 90.4 cm³/mol. The molecule has 4 nitrogen and oxygen atoms in total. The minimum absolute atomic E-state index is 0.115. The van der Waals surface area contributed by atoms with Crippen LogP contribution in [0.4, 0.5) is 8.78 Å². The van der Waals surface area contributed by atoms with Crippen LogP contribution in [0.1, 0.15) is 38.3 Å². The fourth-order valence-electron chi connectivity index (χ4n) is 1.88. The lowest BCUT2D eigenvalue weighted by Gasteiger charge is -2.17. The summed E-state index contributed by atoms with van der Waals surface area (Å²) >= 11 is 0. The van der Waals surface area contributed by atoms with E-state index >= 15 is 0 Å². The second kappa shape index (κ2) is 10.0. The van der Waals surface area contributed by atoms with Crippen LogP contribution in [0.25, 0.3) is 0 Å². The molecule has 0 saturated carbocycles. The van der Waals surface area contributed by atoms with Crippen LogP contribution < -0.4 is 15.4 Å². The van der Waals surface area contributed by atoms with Gasteiger partial charge < -0.3 is 15.4 Å². The van der Waals surface area contributed by atoms with Gasteiger partial charge in [0.25, 0.3) is 6.43 Å². The number of rotatable bonds is 8. The lowest BCUT2D eigenvalue weighted by atomic mass is 10.1. The van der Waals surface area contributed by atoms with Crippen LogP contribution in [0.2, 0.25) is 0 Å². The normalized spacial score (nSPS) is 13.1. The Morgan fingerprint density at radius 2 is 2.00 bits per heavy atom. The molecule has 0 bridgehead atoms. The van der Waals surface area contributed by atoms with Gasteiger partial charge in [-0.3, -0.25) is 0 Å². The van der Waals surface area contributed by atoms with E-state index < -0.39 is 13.0 Å². The van der Waals surface area contributed by atoms with Crippen molar-refractivity contribution in [3.63, 3.8) is 0 Å². The number of nitrogens with zero attached hydrogens (tertiary/aromatic N) is 1. The minimum Gasteiger partial charge on any atom is -0.490 e. The molecule has 2 N–H and O–H groups in total. The molecule has 1 unspecified atom stereocenters. The van der Waals surface area contributed by atoms with E-state index in [1.807, 2.05) is 39.0 Å². The molecule has 23 heavy (non-hydrogen) atoms. The molecule has 1 aromatic carbocycles. The quantitative estimate of drug-likeness (QED) is 0.567. The van der Waals surface area contributed by atoms with E-state index in [0.29, 0.717) is 19.0 Å². The lowest BCUT2D eigenvalue weighted by molar-refractivity contribution is 0.152. The first-order valence-corrected chi connectivity index (χ1v) is 8.02. The summed E-state index contributed by atoms with van der Waals surface area (Å²) < 4.78 is 30.6. The molecule has 1 aromatic rings. The van der Waals surface area contributed by atoms with Gasteiger partial charge in [0.2, 0.25) is 0 Å². The van der Waals surface area contributed by atoms with Crippen molar-refractivity contribution in [3.05, 3.63) is 29.3 Å². The highest BCUT2D eigenvalue weighted by Crippen LogP contribution is 2.23. The first-order chi connectivity index (χ1) is 11.0. The summed E-state index contributed by atoms with van der Waals surface area (Å²) in [4.78, 5) is 4.36. The maximum atomic E-state index is 12.3. The van der Waals surface area contributed by atoms with Gasteiger partial charge in [-0.05, 0) is 38.8 Å². The van der Waals surface area contributed by atoms with Crippen molar-refractivity contribution in [3.8, 4) is 5.75 Å². The smallest absolute Gasteiger partial charge is 0.255 e. The van der Waals surface area contributed by atoms with Crippen LogP contribution in [-0.2, 0) is 6.54 Å². The van der Waals surface area contributed by atoms with Gasteiger partial charge >= 0.3 is 0 Å². The highest BCUT2D eigenvalue weighted by molar-refractivity contribution is 5.79. The Labute approximate surface area is 137 Å². The molecule has 0 spiro atoms. The molecule has 0 aliphatic carbocycles. The van der Waals surface area contributed by atoms with E-state index in [1.54, 1.807) is 0 Å². The van der Waals surface area contributed by atoms with Crippen molar-refractivity contribution < 1.29 is 13.5 Å². The first kappa shape index (κ1) is 19.2. The number of aryl methyl sites for hydroxylation is 1. The molecule has 0 fully saturated rings. The van der Waals surface area contributed by atoms with E-state index in [1.165, 1.54) is 0 Å². The maximum absolute atomic E-state index is 12.3. The second-order valence-electron chi connectivity index (χ2n) is 5.42. The number of benzene rings is 1. The monoisotopic (exact) mass is 327 g/mol. The highest BCUT2D eigenvalue weighted by Gasteiger charge is 2.09. The Kier molecular flexibility index (Phi) is 8.37. The van der Waals surface area contributed by atoms with E-state index in [0.717, 1.165) is 23.3 Å². The molecule has 0 saturated heterocycles. The third-order valence-corrected chi connectivity index (χ3v) is 3.30. The molecular weight excluding hydrogens is 300 g/mol. The standard InChI is InChI=1S/C17H27F2N3O/c1-5-13(4)23-15-9-12(3)7-8-14(15)10-21-17(20-6-2)22-11-16(18)19/h7-9,13,16H,5-6,10-11H2,1-4H3,(H2,20,21,22). The van der Waals surface area contributed by atoms with E-state index in [4.69, 9.17) is 4.74 Å². The van der Waals surface area contributed by atoms with Gasteiger partial charge in [-0.25, -0.2) is 13.8 Å². The van der Waals surface area contributed by atoms with Gasteiger partial charge in [0.1, 0.15) is 5.75 Å². The van der Waals surface area contributed by atoms with Crippen molar-refractivity contribution in [2.75, 3.05) is 13.1 Å². The summed E-state index contributed by atoms with van der Waals surface area (Å²) in [5.74, 6) is 1.18. The number of ether oxygens (including phenoxy) is 1. The van der Waals surface area contributed by atoms with Crippen molar-refractivity contribution in [2.24, 2.45) is 4.99 Å². The Bertz CT molecular complexity index is 507. The summed E-state index contributed by atoms with van der Waals surface area (Å²) in [7, 11) is 0. The average Bonchev–Trinajstić information content (AvgIpc) is 2.51. The zero-order chi connectivity index (χ0) is 17.2. The van der Waals surface area contributed by atoms with E-state index in [2.05, 4.69) is 22.5 Å². The van der Waals surface area contributed by atoms with E-state index in [-0.39, 0.29) is 6.10 Å². The summed E-state index contributed by atoms with van der Waals surface area (Å²) in [5.41, 5.74) is 2.05. The van der Waals surface area contributed by atoms with Gasteiger partial charge in [-0.15, -0.1) is 0 Å². The second-order valence-corrected chi connectivity index (χ2v) is 5.42. The summed E-state index contributed by atoms with van der Waals surface area (Å²) in [6.07, 6.45) is -1.39. The van der Waals surface area contributed by atoms with Crippen molar-refractivity contribution in [1.29, 1.82) is 0 Å². The number of alkyl halides is 2. The third kappa shape index (κ3) is 7.30. The topological polar surface area (TPSA) is 45.7 Å². The van der Waals surface area contributed by atoms with Gasteiger partial charge in [0.15, 0.2) is 5.96 Å². The zero-order valence-corrected chi connectivity index (χ0v) is 14.3. The van der Waals surface area contributed by atoms with E-state index in [9.17, 15) is 8.78 Å². The Hall–Kier alpha value is -1.85. The molecule has 6 heteroatoms. The maximum Gasteiger partial charge on any atom is 0.255 e. The third-order valence-electron chi connectivity index (χ3n) is 3.30. The SMILES string of the molecule is CCNC(=NCc1ccc(C)cc1OC(C)CC)NCC(F)F. The van der Waals surface area contributed by atoms with Crippen LogP contribution in [0.3, 0.4) is 0 Å². The fourth-order valence-corrected chi connectivity index (χ4v) is 1.88. The van der Waals surface area contributed by atoms with Crippen molar-refractivity contribution >= 4 is 5.96 Å². The van der Waals surface area contributed by atoms with Crippen molar-refractivity contribution in [2.45, 2.75) is 53.2 Å². The summed E-state index contributed by atoms with van der Waals surface area (Å²) in [6.45, 7) is 8.53. The fraction of sp³-hybridized carbons (Fsp3) is 0.588. The largest absolute Gasteiger partial charge is 0.490 e. The van der Waals surface area contributed by atoms with Crippen LogP contribution in [0, 0.1) is 6.92 Å². The van der Waals surface area contributed by atoms with Crippen LogP contribution in [0.5, 0.6) is 5.75 Å². The molecule has 0 radical (unpaired) electrons. The highest BCUT2D eigenvalue weighted by atomic mass is 19.3. The molecule has 0 aromatic heterocycles. The van der Waals surface area contributed by atoms with Crippen LogP contribution in [0.15, 0.2) is 23.2 Å². The molecule has 0 amide bonds. The zero-order valence-electron chi connectivity index (χ0n) is 14.3. The number of guanidine groups is 1. The average molecular weight is 327 g/mol. The predicted octanol–water partition coefficient (Wildman–Crippen LogP) is 3.49. The number of hydrogen-bond donors (Lipinski definition) is 2. The Morgan fingerprint density at radius 3 is 2.61 bits per heavy atom.